The molecule has 0 radical (unpaired) electrons. The number of benzene rings is 1. The van der Waals surface area contributed by atoms with Crippen LogP contribution < -0.4 is 15.1 Å². The van der Waals surface area contributed by atoms with Crippen molar-refractivity contribution >= 4 is 45.6 Å². The molecule has 1 aromatic carbocycles. The zero-order valence-corrected chi connectivity index (χ0v) is 13.4. The molecule has 1 heterocycles. The van der Waals surface area contributed by atoms with Crippen molar-refractivity contribution in [1.82, 2.24) is 5.43 Å². The molecule has 1 aliphatic rings. The Morgan fingerprint density at radius 2 is 2.38 bits per heavy atom. The number of anilines is 1. The van der Waals surface area contributed by atoms with Gasteiger partial charge in [0.25, 0.3) is 5.91 Å². The van der Waals surface area contributed by atoms with Gasteiger partial charge in [0, 0.05) is 18.2 Å². The number of hydrogen-bond acceptors (Lipinski definition) is 5. The number of ether oxygens (including phenoxy) is 1. The molecule has 5 nitrogen and oxygen atoms in total. The van der Waals surface area contributed by atoms with Crippen molar-refractivity contribution in [3.63, 3.8) is 0 Å². The SMILES string of the molecule is C=CCN1C(=O)C(=NNC(=S)SC)c2ccc(OC)cc21. The van der Waals surface area contributed by atoms with Gasteiger partial charge in [0.2, 0.25) is 0 Å². The maximum absolute atomic E-state index is 12.5. The second-order valence-electron chi connectivity index (χ2n) is 4.15. The van der Waals surface area contributed by atoms with E-state index in [1.165, 1.54) is 11.8 Å². The molecule has 1 N–H and O–H groups in total. The summed E-state index contributed by atoms with van der Waals surface area (Å²) in [6.07, 6.45) is 3.51. The molecule has 110 valence electrons. The summed E-state index contributed by atoms with van der Waals surface area (Å²) in [5.41, 5.74) is 4.56. The molecule has 0 aliphatic carbocycles. The van der Waals surface area contributed by atoms with Gasteiger partial charge in [0.05, 0.1) is 12.8 Å². The van der Waals surface area contributed by atoms with Gasteiger partial charge in [-0.2, -0.15) is 5.10 Å². The van der Waals surface area contributed by atoms with E-state index < -0.39 is 0 Å². The smallest absolute Gasteiger partial charge is 0.279 e. The number of thioether (sulfide) groups is 1. The van der Waals surface area contributed by atoms with Crippen LogP contribution in [0.5, 0.6) is 5.75 Å². The zero-order chi connectivity index (χ0) is 15.4. The summed E-state index contributed by atoms with van der Waals surface area (Å²) < 4.78 is 5.72. The lowest BCUT2D eigenvalue weighted by molar-refractivity contribution is -0.112. The maximum Gasteiger partial charge on any atom is 0.279 e. The normalized spacial score (nSPS) is 15.0. The molecule has 1 aromatic rings. The van der Waals surface area contributed by atoms with Gasteiger partial charge < -0.3 is 9.64 Å². The lowest BCUT2D eigenvalue weighted by Crippen LogP contribution is -2.31. The summed E-state index contributed by atoms with van der Waals surface area (Å²) in [6.45, 7) is 4.09. The monoisotopic (exact) mass is 321 g/mol. The number of rotatable bonds is 4. The summed E-state index contributed by atoms with van der Waals surface area (Å²) in [4.78, 5) is 14.1. The van der Waals surface area contributed by atoms with Crippen LogP contribution >= 0.6 is 24.0 Å². The van der Waals surface area contributed by atoms with E-state index in [9.17, 15) is 4.79 Å². The molecular formula is C14H15N3O2S2. The molecule has 7 heteroatoms. The van der Waals surface area contributed by atoms with E-state index in [4.69, 9.17) is 17.0 Å². The van der Waals surface area contributed by atoms with Crippen molar-refractivity contribution in [2.24, 2.45) is 5.10 Å². The first kappa shape index (κ1) is 15.5. The van der Waals surface area contributed by atoms with Gasteiger partial charge in [0.15, 0.2) is 10.0 Å². The quantitative estimate of drug-likeness (QED) is 0.523. The molecule has 0 atom stereocenters. The van der Waals surface area contributed by atoms with Crippen LogP contribution in [0, 0.1) is 0 Å². The Hall–Kier alpha value is -1.86. The van der Waals surface area contributed by atoms with Crippen molar-refractivity contribution in [2.45, 2.75) is 0 Å². The number of carbonyl (C=O) groups excluding carboxylic acids is 1. The molecule has 0 fully saturated rings. The predicted molar refractivity (Wildman–Crippen MR) is 91.3 cm³/mol. The van der Waals surface area contributed by atoms with Crippen LogP contribution in [0.25, 0.3) is 0 Å². The Morgan fingerprint density at radius 3 is 3.00 bits per heavy atom. The van der Waals surface area contributed by atoms with Gasteiger partial charge in [-0.1, -0.05) is 30.1 Å². The summed E-state index contributed by atoms with van der Waals surface area (Å²) in [6, 6.07) is 5.43. The molecule has 0 unspecified atom stereocenters. The van der Waals surface area contributed by atoms with E-state index in [2.05, 4.69) is 17.1 Å². The average Bonchev–Trinajstić information content (AvgIpc) is 2.77. The fourth-order valence-electron chi connectivity index (χ4n) is 1.98. The van der Waals surface area contributed by atoms with Crippen molar-refractivity contribution in [1.29, 1.82) is 0 Å². The Bertz CT molecular complexity index is 629. The number of hydrazone groups is 1. The van der Waals surface area contributed by atoms with Gasteiger partial charge in [-0.05, 0) is 18.4 Å². The minimum atomic E-state index is -0.186. The molecule has 0 saturated carbocycles. The maximum atomic E-state index is 12.5. The number of hydrogen-bond donors (Lipinski definition) is 1. The van der Waals surface area contributed by atoms with Crippen molar-refractivity contribution in [3.8, 4) is 5.75 Å². The van der Waals surface area contributed by atoms with Crippen LogP contribution in [0.1, 0.15) is 5.56 Å². The first-order valence-electron chi connectivity index (χ1n) is 6.15. The van der Waals surface area contributed by atoms with Gasteiger partial charge >= 0.3 is 0 Å². The van der Waals surface area contributed by atoms with Gasteiger partial charge in [-0.3, -0.25) is 10.2 Å². The molecule has 1 aliphatic heterocycles. The van der Waals surface area contributed by atoms with E-state index in [1.54, 1.807) is 24.2 Å². The number of methoxy groups -OCH3 is 1. The number of nitrogens with zero attached hydrogens (tertiary/aromatic N) is 2. The van der Waals surface area contributed by atoms with Gasteiger partial charge in [-0.15, -0.1) is 6.58 Å². The topological polar surface area (TPSA) is 53.9 Å². The first-order valence-corrected chi connectivity index (χ1v) is 7.78. The predicted octanol–water partition coefficient (Wildman–Crippen LogP) is 2.17. The average molecular weight is 321 g/mol. The Labute approximate surface area is 133 Å². The lowest BCUT2D eigenvalue weighted by atomic mass is 10.1. The standard InChI is InChI=1S/C14H15N3O2S2/c1-4-7-17-11-8-9(19-2)5-6-10(11)12(13(17)18)15-16-14(20)21-3/h4-6,8H,1,7H2,2-3H3,(H,16,20). The third-order valence-electron chi connectivity index (χ3n) is 2.95. The summed E-state index contributed by atoms with van der Waals surface area (Å²) in [5, 5.41) is 4.14. The highest BCUT2D eigenvalue weighted by Gasteiger charge is 2.33. The second kappa shape index (κ2) is 6.73. The molecule has 0 bridgehead atoms. The summed E-state index contributed by atoms with van der Waals surface area (Å²) in [7, 11) is 1.59. The highest BCUT2D eigenvalue weighted by Crippen LogP contribution is 2.32. The third kappa shape index (κ3) is 3.08. The Kier molecular flexibility index (Phi) is 4.98. The van der Waals surface area contributed by atoms with Crippen LogP contribution in [-0.4, -0.2) is 35.8 Å². The number of thiocarbonyl (C=S) groups is 1. The molecule has 21 heavy (non-hydrogen) atoms. The van der Waals surface area contributed by atoms with Crippen LogP contribution in [0.2, 0.25) is 0 Å². The molecule has 1 amide bonds. The zero-order valence-electron chi connectivity index (χ0n) is 11.8. The fraction of sp³-hybridized carbons (Fsp3) is 0.214. The number of carbonyl (C=O) groups is 1. The van der Waals surface area contributed by atoms with E-state index in [1.807, 2.05) is 18.4 Å². The van der Waals surface area contributed by atoms with E-state index in [-0.39, 0.29) is 5.91 Å². The van der Waals surface area contributed by atoms with Crippen LogP contribution in [0.3, 0.4) is 0 Å². The Morgan fingerprint density at radius 1 is 1.62 bits per heavy atom. The lowest BCUT2D eigenvalue weighted by Gasteiger charge is -2.14. The van der Waals surface area contributed by atoms with Gasteiger partial charge in [-0.25, -0.2) is 0 Å². The van der Waals surface area contributed by atoms with Crippen LogP contribution in [0.4, 0.5) is 5.69 Å². The highest BCUT2D eigenvalue weighted by atomic mass is 32.2. The Balaban J connectivity index is 2.44. The first-order chi connectivity index (χ1) is 10.1. The molecule has 0 spiro atoms. The second-order valence-corrected chi connectivity index (χ2v) is 5.63. The number of amides is 1. The third-order valence-corrected chi connectivity index (χ3v) is 4.01. The minimum absolute atomic E-state index is 0.186. The van der Waals surface area contributed by atoms with Crippen LogP contribution in [0.15, 0.2) is 36.0 Å². The van der Waals surface area contributed by atoms with Crippen molar-refractivity contribution < 1.29 is 9.53 Å². The van der Waals surface area contributed by atoms with E-state index in [0.717, 1.165) is 11.3 Å². The highest BCUT2D eigenvalue weighted by molar-refractivity contribution is 8.22. The van der Waals surface area contributed by atoms with Crippen LogP contribution in [-0.2, 0) is 4.79 Å². The summed E-state index contributed by atoms with van der Waals surface area (Å²) >= 11 is 6.39. The largest absolute Gasteiger partial charge is 0.497 e. The van der Waals surface area contributed by atoms with E-state index >= 15 is 0 Å². The van der Waals surface area contributed by atoms with Gasteiger partial charge in [0.1, 0.15) is 5.75 Å². The van der Waals surface area contributed by atoms with Crippen molar-refractivity contribution in [3.05, 3.63) is 36.4 Å². The number of fused-ring (bicyclic) bond motifs is 1. The molecule has 0 saturated heterocycles. The molecule has 2 rings (SSSR count). The minimum Gasteiger partial charge on any atom is -0.497 e. The van der Waals surface area contributed by atoms with E-state index in [0.29, 0.717) is 22.3 Å². The fourth-order valence-corrected chi connectivity index (χ4v) is 2.16. The number of nitrogens with one attached hydrogen (secondary N) is 1. The van der Waals surface area contributed by atoms with Crippen molar-refractivity contribution in [2.75, 3.05) is 24.8 Å². The molecular weight excluding hydrogens is 306 g/mol. The molecule has 0 aromatic heterocycles. The summed E-state index contributed by atoms with van der Waals surface area (Å²) in [5.74, 6) is 0.499.